The molecule has 1 fully saturated rings. The van der Waals surface area contributed by atoms with E-state index in [0.29, 0.717) is 0 Å². The smallest absolute Gasteiger partial charge is 0.338 e. The maximum Gasteiger partial charge on any atom is 0.338 e. The van der Waals surface area contributed by atoms with Gasteiger partial charge in [-0.3, -0.25) is 4.79 Å². The van der Waals surface area contributed by atoms with Gasteiger partial charge in [0.2, 0.25) is 5.78 Å². The Hall–Kier alpha value is -5.00. The van der Waals surface area contributed by atoms with E-state index in [4.69, 9.17) is 18.9 Å². The number of esters is 1. The number of carbonyl (C=O) groups is 2. The van der Waals surface area contributed by atoms with Crippen LogP contribution in [0.4, 0.5) is 0 Å². The first-order valence-corrected chi connectivity index (χ1v) is 12.8. The van der Waals surface area contributed by atoms with Gasteiger partial charge in [0.1, 0.15) is 53.8 Å². The molecule has 0 aromatic heterocycles. The van der Waals surface area contributed by atoms with Crippen molar-refractivity contribution >= 4 is 11.8 Å². The Morgan fingerprint density at radius 2 is 1.45 bits per heavy atom. The average molecular weight is 619 g/mol. The van der Waals surface area contributed by atoms with Crippen LogP contribution in [0, 0.1) is 0 Å². The monoisotopic (exact) mass is 618 g/mol. The molecule has 0 radical (unpaired) electrons. The molecule has 0 saturated carbocycles. The normalized spacial score (nSPS) is 26.4. The van der Waals surface area contributed by atoms with E-state index in [1.807, 2.05) is 0 Å². The van der Waals surface area contributed by atoms with E-state index in [2.05, 4.69) is 0 Å². The van der Waals surface area contributed by atoms with Crippen molar-refractivity contribution in [2.45, 2.75) is 42.9 Å². The first kappa shape index (κ1) is 30.5. The standard InChI is InChI=1S/C28H26O16/c29-11-6-14(32)19-17(7-11)42-25(9-1-2-12(30)13(31)3-9)26(22(19)37)44-28-24(39)23(38)21(36)18(43-28)8-41-27(40)10-4-15(33)20(35)16(34)5-10/h1-7,18,21,23-26,28-36,38-39H,8H2/t18-,21-,23-,24-,25+,26-,28-/m0/s1. The van der Waals surface area contributed by atoms with Crippen molar-refractivity contribution in [2.24, 2.45) is 0 Å². The molecule has 5 rings (SSSR count). The van der Waals surface area contributed by atoms with Crippen LogP contribution in [0.15, 0.2) is 42.5 Å². The lowest BCUT2D eigenvalue weighted by Crippen LogP contribution is -2.60. The number of rotatable bonds is 6. The summed E-state index contributed by atoms with van der Waals surface area (Å²) in [6.45, 7) is -0.778. The Kier molecular flexibility index (Phi) is 8.02. The van der Waals surface area contributed by atoms with Gasteiger partial charge in [-0.2, -0.15) is 0 Å². The van der Waals surface area contributed by atoms with E-state index >= 15 is 0 Å². The molecule has 16 heteroatoms. The number of benzene rings is 3. The van der Waals surface area contributed by atoms with Crippen molar-refractivity contribution in [2.75, 3.05) is 6.61 Å². The number of hydrogen-bond donors (Lipinski definition) is 10. The molecule has 1 saturated heterocycles. The molecule has 2 aliphatic heterocycles. The molecule has 3 aromatic carbocycles. The summed E-state index contributed by atoms with van der Waals surface area (Å²) in [5.74, 6) is -7.08. The molecule has 44 heavy (non-hydrogen) atoms. The number of phenols is 7. The third-order valence-corrected chi connectivity index (χ3v) is 7.06. The Morgan fingerprint density at radius 3 is 2.11 bits per heavy atom. The van der Waals surface area contributed by atoms with Gasteiger partial charge in [-0.1, -0.05) is 6.07 Å². The third-order valence-electron chi connectivity index (χ3n) is 7.06. The maximum atomic E-state index is 13.6. The summed E-state index contributed by atoms with van der Waals surface area (Å²) in [5.41, 5.74) is -0.751. The number of phenolic OH excluding ortho intramolecular Hbond substituents is 7. The van der Waals surface area contributed by atoms with Crippen molar-refractivity contribution in [1.29, 1.82) is 0 Å². The second kappa shape index (κ2) is 11.6. The second-order valence-corrected chi connectivity index (χ2v) is 10.0. The minimum Gasteiger partial charge on any atom is -0.508 e. The van der Waals surface area contributed by atoms with Gasteiger partial charge in [0.25, 0.3) is 0 Å². The zero-order valence-electron chi connectivity index (χ0n) is 22.2. The molecule has 2 heterocycles. The molecule has 10 N–H and O–H groups in total. The van der Waals surface area contributed by atoms with Crippen molar-refractivity contribution in [3.05, 3.63) is 59.2 Å². The summed E-state index contributed by atoms with van der Waals surface area (Å²) in [6.07, 6.45) is -12.5. The van der Waals surface area contributed by atoms with Crippen molar-refractivity contribution in [1.82, 2.24) is 0 Å². The number of aromatic hydroxyl groups is 7. The summed E-state index contributed by atoms with van der Waals surface area (Å²) in [6, 6.07) is 6.92. The SMILES string of the molecule is O=C(OC[C@@H]1O[C@@H](O[C@H]2C(=O)c3c(O)cc(O)cc3O[C@@H]2c2ccc(O)c(O)c2)[C@@H](O)[C@@H](O)[C@H]1O)c1cc(O)c(O)c(O)c1. The van der Waals surface area contributed by atoms with Gasteiger partial charge in [-0.15, -0.1) is 0 Å². The fourth-order valence-electron chi connectivity index (χ4n) is 4.77. The van der Waals surface area contributed by atoms with Crippen LogP contribution in [0.1, 0.15) is 32.4 Å². The molecule has 16 nitrogen and oxygen atoms in total. The molecule has 234 valence electrons. The zero-order chi connectivity index (χ0) is 32.0. The summed E-state index contributed by atoms with van der Waals surface area (Å²) in [4.78, 5) is 26.1. The van der Waals surface area contributed by atoms with Gasteiger partial charge in [-0.05, 0) is 29.8 Å². The molecule has 3 aromatic rings. The molecular formula is C28H26O16. The molecule has 0 unspecified atom stereocenters. The minimum absolute atomic E-state index is 0.0592. The van der Waals surface area contributed by atoms with Crippen LogP contribution in [0.5, 0.6) is 46.0 Å². The molecule has 0 amide bonds. The number of ether oxygens (including phenoxy) is 4. The Balaban J connectivity index is 1.41. The van der Waals surface area contributed by atoms with Crippen molar-refractivity contribution in [3.8, 4) is 46.0 Å². The summed E-state index contributed by atoms with van der Waals surface area (Å²) in [5, 5.41) is 100. The van der Waals surface area contributed by atoms with E-state index in [0.717, 1.165) is 36.4 Å². The van der Waals surface area contributed by atoms with Crippen molar-refractivity contribution in [3.63, 3.8) is 0 Å². The lowest BCUT2D eigenvalue weighted by molar-refractivity contribution is -0.311. The van der Waals surface area contributed by atoms with Gasteiger partial charge < -0.3 is 70.0 Å². The average Bonchev–Trinajstić information content (AvgIpc) is 2.97. The predicted octanol–water partition coefficient (Wildman–Crippen LogP) is -0.00800. The number of aliphatic hydroxyl groups excluding tert-OH is 3. The van der Waals surface area contributed by atoms with Gasteiger partial charge >= 0.3 is 5.97 Å². The van der Waals surface area contributed by atoms with E-state index in [1.165, 1.54) is 6.07 Å². The predicted molar refractivity (Wildman–Crippen MR) is 141 cm³/mol. The van der Waals surface area contributed by atoms with E-state index in [1.54, 1.807) is 0 Å². The number of fused-ring (bicyclic) bond motifs is 1. The molecule has 0 bridgehead atoms. The molecular weight excluding hydrogens is 592 g/mol. The van der Waals surface area contributed by atoms with Crippen molar-refractivity contribution < 1.29 is 79.6 Å². The number of aliphatic hydroxyl groups is 3. The van der Waals surface area contributed by atoms with Crippen LogP contribution < -0.4 is 4.74 Å². The fraction of sp³-hybridized carbons (Fsp3) is 0.286. The van der Waals surface area contributed by atoms with Gasteiger partial charge in [0.15, 0.2) is 47.2 Å². The maximum absolute atomic E-state index is 13.6. The fourth-order valence-corrected chi connectivity index (χ4v) is 4.77. The largest absolute Gasteiger partial charge is 0.508 e. The number of carbonyl (C=O) groups excluding carboxylic acids is 2. The van der Waals surface area contributed by atoms with E-state index < -0.39 is 113 Å². The van der Waals surface area contributed by atoms with Gasteiger partial charge in [-0.25, -0.2) is 4.79 Å². The number of Topliss-reactive ketones (excluding diaryl/α,β-unsaturated/α-hetero) is 1. The minimum atomic E-state index is -1.99. The Bertz CT molecular complexity index is 1580. The third kappa shape index (κ3) is 5.54. The number of hydrogen-bond acceptors (Lipinski definition) is 16. The zero-order valence-corrected chi connectivity index (χ0v) is 22.2. The molecule has 7 atom stereocenters. The van der Waals surface area contributed by atoms with Gasteiger partial charge in [0, 0.05) is 12.1 Å². The Labute approximate surface area is 246 Å². The van der Waals surface area contributed by atoms with Crippen LogP contribution in [-0.2, 0) is 14.2 Å². The summed E-state index contributed by atoms with van der Waals surface area (Å²) < 4.78 is 22.2. The lowest BCUT2D eigenvalue weighted by Gasteiger charge is -2.42. The van der Waals surface area contributed by atoms with Crippen LogP contribution in [0.25, 0.3) is 0 Å². The Morgan fingerprint density at radius 1 is 0.773 bits per heavy atom. The summed E-state index contributed by atoms with van der Waals surface area (Å²) in [7, 11) is 0. The van der Waals surface area contributed by atoms with Crippen LogP contribution in [0.2, 0.25) is 0 Å². The molecule has 2 aliphatic rings. The van der Waals surface area contributed by atoms with Crippen LogP contribution in [-0.4, -0.2) is 106 Å². The highest BCUT2D eigenvalue weighted by Crippen LogP contribution is 2.44. The van der Waals surface area contributed by atoms with E-state index in [-0.39, 0.29) is 11.3 Å². The highest BCUT2D eigenvalue weighted by Gasteiger charge is 2.49. The van der Waals surface area contributed by atoms with Gasteiger partial charge in [0.05, 0.1) is 5.56 Å². The molecule has 0 aliphatic carbocycles. The first-order chi connectivity index (χ1) is 20.8. The summed E-state index contributed by atoms with van der Waals surface area (Å²) >= 11 is 0. The lowest BCUT2D eigenvalue weighted by atomic mass is 9.92. The topological polar surface area (TPSA) is 273 Å². The highest BCUT2D eigenvalue weighted by molar-refractivity contribution is 6.05. The quantitative estimate of drug-likeness (QED) is 0.128. The van der Waals surface area contributed by atoms with Crippen LogP contribution in [0.3, 0.4) is 0 Å². The first-order valence-electron chi connectivity index (χ1n) is 12.8. The highest BCUT2D eigenvalue weighted by atomic mass is 16.7. The second-order valence-electron chi connectivity index (χ2n) is 10.0. The molecule has 0 spiro atoms. The number of ketones is 1. The van der Waals surface area contributed by atoms with Crippen LogP contribution >= 0.6 is 0 Å². The van der Waals surface area contributed by atoms with E-state index in [9.17, 15) is 60.7 Å².